The fraction of sp³-hybridized carbons (Fsp3) is 0.867. The molecule has 1 aliphatic carbocycles. The Balaban J connectivity index is 1.57. The van der Waals surface area contributed by atoms with E-state index in [0.29, 0.717) is 12.5 Å². The van der Waals surface area contributed by atoms with Gasteiger partial charge in [0.25, 0.3) is 0 Å². The van der Waals surface area contributed by atoms with Gasteiger partial charge in [0.05, 0.1) is 0 Å². The zero-order valence-corrected chi connectivity index (χ0v) is 12.9. The number of carbonyl (C=O) groups is 2. The number of halogens is 3. The summed E-state index contributed by atoms with van der Waals surface area (Å²) in [5.41, 5.74) is 0. The lowest BCUT2D eigenvalue weighted by atomic mass is 9.92. The summed E-state index contributed by atoms with van der Waals surface area (Å²) in [7, 11) is 0. The molecule has 0 aromatic carbocycles. The number of urea groups is 1. The summed E-state index contributed by atoms with van der Waals surface area (Å²) in [5.74, 6) is -0.0915. The molecule has 1 saturated carbocycles. The van der Waals surface area contributed by atoms with Crippen LogP contribution in [0.2, 0.25) is 0 Å². The lowest BCUT2D eigenvalue weighted by Crippen LogP contribution is -2.54. The number of nitrogens with zero attached hydrogens (tertiary/aromatic N) is 2. The van der Waals surface area contributed by atoms with E-state index in [4.69, 9.17) is 0 Å². The Kier molecular flexibility index (Phi) is 4.42. The van der Waals surface area contributed by atoms with E-state index < -0.39 is 24.7 Å². The number of rotatable bonds is 2. The van der Waals surface area contributed by atoms with Crippen LogP contribution in [0.1, 0.15) is 38.5 Å². The highest BCUT2D eigenvalue weighted by Gasteiger charge is 2.42. The topological polar surface area (TPSA) is 52.7 Å². The molecule has 1 N–H and O–H groups in total. The van der Waals surface area contributed by atoms with E-state index in [0.717, 1.165) is 37.0 Å². The molecule has 0 aromatic heterocycles. The number of carbonyl (C=O) groups excluding carboxylic acids is 2. The van der Waals surface area contributed by atoms with Crippen LogP contribution < -0.4 is 5.32 Å². The lowest BCUT2D eigenvalue weighted by Gasteiger charge is -2.38. The van der Waals surface area contributed by atoms with Gasteiger partial charge in [-0.15, -0.1) is 0 Å². The van der Waals surface area contributed by atoms with Crippen LogP contribution in [-0.2, 0) is 4.79 Å². The number of nitrogens with one attached hydrogen (secondary N) is 1. The number of hydrogen-bond acceptors (Lipinski definition) is 2. The first-order valence-corrected chi connectivity index (χ1v) is 8.28. The largest absolute Gasteiger partial charge is 0.406 e. The van der Waals surface area contributed by atoms with Crippen molar-refractivity contribution >= 4 is 11.9 Å². The average molecular weight is 333 g/mol. The Morgan fingerprint density at radius 1 is 1.13 bits per heavy atom. The van der Waals surface area contributed by atoms with E-state index in [2.05, 4.69) is 5.32 Å². The van der Waals surface area contributed by atoms with Crippen molar-refractivity contribution < 1.29 is 22.8 Å². The predicted molar refractivity (Wildman–Crippen MR) is 76.6 cm³/mol. The summed E-state index contributed by atoms with van der Waals surface area (Å²) in [5, 5.41) is 2.66. The van der Waals surface area contributed by atoms with Gasteiger partial charge < -0.3 is 15.1 Å². The number of alkyl halides is 3. The summed E-state index contributed by atoms with van der Waals surface area (Å²) >= 11 is 0. The number of hydrogen-bond donors (Lipinski definition) is 1. The summed E-state index contributed by atoms with van der Waals surface area (Å²) in [6.07, 6.45) is 1.15. The molecule has 130 valence electrons. The molecule has 5 nitrogen and oxygen atoms in total. The van der Waals surface area contributed by atoms with Crippen molar-refractivity contribution in [1.29, 1.82) is 0 Å². The maximum Gasteiger partial charge on any atom is 0.406 e. The highest BCUT2D eigenvalue weighted by Crippen LogP contribution is 2.36. The molecule has 0 radical (unpaired) electrons. The maximum absolute atomic E-state index is 12.5. The molecule has 0 bridgehead atoms. The SMILES string of the molecule is O=C1[C@H](NC(=O)N2CCC[C@H]3CCC[C@H]32)CCN1CC(F)(F)F. The molecule has 2 aliphatic heterocycles. The second kappa shape index (κ2) is 6.20. The molecule has 0 aromatic rings. The zero-order valence-electron chi connectivity index (χ0n) is 12.9. The third-order valence-corrected chi connectivity index (χ3v) is 5.22. The minimum atomic E-state index is -4.40. The number of likely N-dealkylation sites (tertiary alicyclic amines) is 2. The normalized spacial score (nSPS) is 31.4. The van der Waals surface area contributed by atoms with Crippen molar-refractivity contribution in [2.75, 3.05) is 19.6 Å². The first kappa shape index (κ1) is 16.4. The highest BCUT2D eigenvalue weighted by atomic mass is 19.4. The van der Waals surface area contributed by atoms with Crippen LogP contribution in [0.4, 0.5) is 18.0 Å². The third-order valence-electron chi connectivity index (χ3n) is 5.22. The van der Waals surface area contributed by atoms with Gasteiger partial charge in [-0.25, -0.2) is 4.79 Å². The Bertz CT molecular complexity index is 483. The van der Waals surface area contributed by atoms with E-state index >= 15 is 0 Å². The second-order valence-electron chi connectivity index (χ2n) is 6.76. The monoisotopic (exact) mass is 333 g/mol. The van der Waals surface area contributed by atoms with Gasteiger partial charge in [-0.1, -0.05) is 6.42 Å². The van der Waals surface area contributed by atoms with Crippen molar-refractivity contribution in [2.45, 2.75) is 56.8 Å². The van der Waals surface area contributed by atoms with Crippen molar-refractivity contribution in [3.8, 4) is 0 Å². The van der Waals surface area contributed by atoms with Gasteiger partial charge >= 0.3 is 12.2 Å². The molecular weight excluding hydrogens is 311 g/mol. The van der Waals surface area contributed by atoms with Gasteiger partial charge in [-0.2, -0.15) is 13.2 Å². The molecule has 3 amide bonds. The fourth-order valence-corrected chi connectivity index (χ4v) is 4.18. The van der Waals surface area contributed by atoms with E-state index in [1.54, 1.807) is 4.90 Å². The van der Waals surface area contributed by atoms with Crippen LogP contribution in [0.3, 0.4) is 0 Å². The van der Waals surface area contributed by atoms with Gasteiger partial charge in [0, 0.05) is 19.1 Å². The van der Waals surface area contributed by atoms with Crippen LogP contribution in [0.5, 0.6) is 0 Å². The first-order valence-electron chi connectivity index (χ1n) is 8.28. The minimum absolute atomic E-state index is 0.0370. The molecule has 2 heterocycles. The van der Waals surface area contributed by atoms with E-state index in [9.17, 15) is 22.8 Å². The summed E-state index contributed by atoms with van der Waals surface area (Å²) in [6.45, 7) is -0.540. The van der Waals surface area contributed by atoms with Crippen LogP contribution in [0.25, 0.3) is 0 Å². The smallest absolute Gasteiger partial charge is 0.332 e. The average Bonchev–Trinajstić information content (AvgIpc) is 3.07. The standard InChI is InChI=1S/C15H22F3N3O2/c16-15(17,18)9-20-8-6-11(13(20)22)19-14(23)21-7-2-4-10-3-1-5-12(10)21/h10-12H,1-9H2,(H,19,23)/t10-,11-,12-/m1/s1. The van der Waals surface area contributed by atoms with Crippen molar-refractivity contribution in [2.24, 2.45) is 5.92 Å². The minimum Gasteiger partial charge on any atom is -0.332 e. The number of fused-ring (bicyclic) bond motifs is 1. The van der Waals surface area contributed by atoms with Crippen LogP contribution in [-0.4, -0.2) is 59.6 Å². The molecule has 3 rings (SSSR count). The predicted octanol–water partition coefficient (Wildman–Crippen LogP) is 2.12. The molecule has 2 saturated heterocycles. The third kappa shape index (κ3) is 3.55. The van der Waals surface area contributed by atoms with E-state index in [1.165, 1.54) is 0 Å². The van der Waals surface area contributed by atoms with Crippen molar-refractivity contribution in [3.63, 3.8) is 0 Å². The first-order chi connectivity index (χ1) is 10.8. The Morgan fingerprint density at radius 2 is 1.87 bits per heavy atom. The molecule has 23 heavy (non-hydrogen) atoms. The summed E-state index contributed by atoms with van der Waals surface area (Å²) in [4.78, 5) is 27.0. The Morgan fingerprint density at radius 3 is 2.61 bits per heavy atom. The van der Waals surface area contributed by atoms with E-state index in [-0.39, 0.29) is 25.0 Å². The summed E-state index contributed by atoms with van der Waals surface area (Å²) in [6, 6.07) is -0.896. The van der Waals surface area contributed by atoms with Crippen LogP contribution >= 0.6 is 0 Å². The highest BCUT2D eigenvalue weighted by molar-refractivity contribution is 5.88. The molecule has 0 unspecified atom stereocenters. The quantitative estimate of drug-likeness (QED) is 0.842. The molecule has 3 aliphatic rings. The number of piperidine rings is 1. The number of amides is 3. The van der Waals surface area contributed by atoms with Gasteiger partial charge in [0.15, 0.2) is 0 Å². The molecule has 3 fully saturated rings. The molecular formula is C15H22F3N3O2. The second-order valence-corrected chi connectivity index (χ2v) is 6.76. The van der Waals surface area contributed by atoms with Crippen LogP contribution in [0, 0.1) is 5.92 Å². The summed E-state index contributed by atoms with van der Waals surface area (Å²) < 4.78 is 37.3. The van der Waals surface area contributed by atoms with E-state index in [1.807, 2.05) is 0 Å². The fourth-order valence-electron chi connectivity index (χ4n) is 4.18. The van der Waals surface area contributed by atoms with Gasteiger partial charge in [-0.3, -0.25) is 4.79 Å². The van der Waals surface area contributed by atoms with Crippen molar-refractivity contribution in [1.82, 2.24) is 15.1 Å². The molecule has 8 heteroatoms. The van der Waals surface area contributed by atoms with Gasteiger partial charge in [-0.05, 0) is 38.0 Å². The van der Waals surface area contributed by atoms with Crippen molar-refractivity contribution in [3.05, 3.63) is 0 Å². The Labute approximate surface area is 133 Å². The zero-order chi connectivity index (χ0) is 16.6. The lowest BCUT2D eigenvalue weighted by molar-refractivity contribution is -0.157. The Hall–Kier alpha value is -1.47. The molecule has 0 spiro atoms. The maximum atomic E-state index is 12.5. The van der Waals surface area contributed by atoms with Gasteiger partial charge in [0.1, 0.15) is 12.6 Å². The molecule has 3 atom stereocenters. The van der Waals surface area contributed by atoms with Gasteiger partial charge in [0.2, 0.25) is 5.91 Å². The van der Waals surface area contributed by atoms with Crippen LogP contribution in [0.15, 0.2) is 0 Å².